The number of para-hydroxylation sites is 3. The molecule has 5 nitrogen and oxygen atoms in total. The van der Waals surface area contributed by atoms with Crippen LogP contribution in [0, 0.1) is 0 Å². The Labute approximate surface area is 165 Å². The molecule has 0 spiro atoms. The molecule has 4 rings (SSSR count). The van der Waals surface area contributed by atoms with Crippen LogP contribution in [0.4, 0.5) is 0 Å². The number of rotatable bonds is 6. The second-order valence-corrected chi connectivity index (χ2v) is 7.33. The van der Waals surface area contributed by atoms with Gasteiger partial charge in [0.2, 0.25) is 5.91 Å². The Morgan fingerprint density at radius 1 is 1.14 bits per heavy atom. The molecule has 1 aromatic heterocycles. The first-order chi connectivity index (χ1) is 13.7. The van der Waals surface area contributed by atoms with Gasteiger partial charge in [0, 0.05) is 25.4 Å². The summed E-state index contributed by atoms with van der Waals surface area (Å²) in [6.45, 7) is 4.22. The van der Waals surface area contributed by atoms with Crippen molar-refractivity contribution in [3.8, 4) is 5.75 Å². The van der Waals surface area contributed by atoms with Gasteiger partial charge >= 0.3 is 0 Å². The van der Waals surface area contributed by atoms with E-state index in [1.807, 2.05) is 54.3 Å². The predicted octanol–water partition coefficient (Wildman–Crippen LogP) is 4.30. The van der Waals surface area contributed by atoms with Crippen molar-refractivity contribution in [2.75, 3.05) is 19.7 Å². The van der Waals surface area contributed by atoms with E-state index in [-0.39, 0.29) is 5.91 Å². The Balaban J connectivity index is 1.31. The van der Waals surface area contributed by atoms with Crippen LogP contribution in [-0.2, 0) is 11.2 Å². The molecule has 0 atom stereocenters. The highest BCUT2D eigenvalue weighted by Gasteiger charge is 2.25. The number of amides is 1. The van der Waals surface area contributed by atoms with Crippen molar-refractivity contribution >= 4 is 16.9 Å². The molecule has 0 aliphatic carbocycles. The van der Waals surface area contributed by atoms with Gasteiger partial charge in [-0.1, -0.05) is 30.3 Å². The fraction of sp³-hybridized carbons (Fsp3) is 0.391. The van der Waals surface area contributed by atoms with Gasteiger partial charge in [0.25, 0.3) is 0 Å². The van der Waals surface area contributed by atoms with Gasteiger partial charge in [-0.3, -0.25) is 4.79 Å². The molecule has 1 amide bonds. The van der Waals surface area contributed by atoms with Crippen molar-refractivity contribution < 1.29 is 9.53 Å². The Morgan fingerprint density at radius 3 is 2.68 bits per heavy atom. The minimum Gasteiger partial charge on any atom is -0.494 e. The number of hydrogen-bond acceptors (Lipinski definition) is 3. The molecule has 1 saturated heterocycles. The van der Waals surface area contributed by atoms with E-state index in [4.69, 9.17) is 9.72 Å². The normalized spacial score (nSPS) is 15.1. The molecule has 1 aliphatic rings. The van der Waals surface area contributed by atoms with E-state index in [0.717, 1.165) is 60.5 Å². The van der Waals surface area contributed by atoms with Gasteiger partial charge in [-0.15, -0.1) is 0 Å². The number of H-pyrrole nitrogens is 1. The molecule has 1 fully saturated rings. The summed E-state index contributed by atoms with van der Waals surface area (Å²) in [4.78, 5) is 22.9. The molecule has 3 aromatic rings. The second kappa shape index (κ2) is 8.46. The number of piperidine rings is 1. The number of benzene rings is 2. The maximum absolute atomic E-state index is 12.7. The number of aromatic nitrogens is 2. The van der Waals surface area contributed by atoms with Crippen LogP contribution in [0.3, 0.4) is 0 Å². The van der Waals surface area contributed by atoms with Crippen LogP contribution in [0.15, 0.2) is 48.5 Å². The molecule has 2 aromatic carbocycles. The van der Waals surface area contributed by atoms with Crippen LogP contribution in [0.25, 0.3) is 11.0 Å². The molecule has 5 heteroatoms. The number of ether oxygens (including phenoxy) is 1. The highest BCUT2D eigenvalue weighted by Crippen LogP contribution is 2.28. The molecule has 2 heterocycles. The van der Waals surface area contributed by atoms with Gasteiger partial charge in [-0.25, -0.2) is 4.98 Å². The number of hydrogen-bond donors (Lipinski definition) is 1. The quantitative estimate of drug-likeness (QED) is 0.697. The van der Waals surface area contributed by atoms with Gasteiger partial charge in [-0.2, -0.15) is 0 Å². The minimum absolute atomic E-state index is 0.231. The number of aromatic amines is 1. The zero-order chi connectivity index (χ0) is 19.3. The Bertz CT molecular complexity index is 909. The number of nitrogens with zero attached hydrogens (tertiary/aromatic N) is 2. The zero-order valence-corrected chi connectivity index (χ0v) is 16.4. The third-order valence-corrected chi connectivity index (χ3v) is 5.52. The van der Waals surface area contributed by atoms with Gasteiger partial charge in [0.1, 0.15) is 11.6 Å². The number of carbonyl (C=O) groups is 1. The second-order valence-electron chi connectivity index (χ2n) is 7.33. The summed E-state index contributed by atoms with van der Waals surface area (Å²) in [6.07, 6.45) is 3.17. The van der Waals surface area contributed by atoms with Crippen molar-refractivity contribution in [3.05, 3.63) is 59.9 Å². The van der Waals surface area contributed by atoms with Gasteiger partial charge in [0.15, 0.2) is 0 Å². The van der Waals surface area contributed by atoms with Crippen LogP contribution in [-0.4, -0.2) is 40.5 Å². The Hall–Kier alpha value is -2.82. The average molecular weight is 377 g/mol. The molecular weight excluding hydrogens is 350 g/mol. The van der Waals surface area contributed by atoms with E-state index in [9.17, 15) is 4.79 Å². The lowest BCUT2D eigenvalue weighted by Gasteiger charge is -2.31. The molecule has 0 radical (unpaired) electrons. The van der Waals surface area contributed by atoms with Crippen LogP contribution in [0.2, 0.25) is 0 Å². The summed E-state index contributed by atoms with van der Waals surface area (Å²) < 4.78 is 5.67. The molecule has 1 aliphatic heterocycles. The van der Waals surface area contributed by atoms with Crippen molar-refractivity contribution in [3.63, 3.8) is 0 Å². The smallest absolute Gasteiger partial charge is 0.222 e. The first kappa shape index (κ1) is 18.5. The summed E-state index contributed by atoms with van der Waals surface area (Å²) in [7, 11) is 0. The van der Waals surface area contributed by atoms with Crippen LogP contribution < -0.4 is 4.74 Å². The summed E-state index contributed by atoms with van der Waals surface area (Å²) in [5.74, 6) is 2.57. The van der Waals surface area contributed by atoms with E-state index in [1.54, 1.807) is 0 Å². The first-order valence-corrected chi connectivity index (χ1v) is 10.2. The monoisotopic (exact) mass is 377 g/mol. The number of likely N-dealkylation sites (tertiary alicyclic amines) is 1. The number of aryl methyl sites for hydroxylation is 1. The van der Waals surface area contributed by atoms with E-state index >= 15 is 0 Å². The third kappa shape index (κ3) is 4.03. The lowest BCUT2D eigenvalue weighted by molar-refractivity contribution is -0.132. The maximum atomic E-state index is 12.7. The van der Waals surface area contributed by atoms with Gasteiger partial charge in [0.05, 0.1) is 17.6 Å². The van der Waals surface area contributed by atoms with E-state index < -0.39 is 0 Å². The SMILES string of the molecule is CCOc1ccccc1CCC(=O)N1CCC(c2nc3ccccc3[nH]2)CC1. The van der Waals surface area contributed by atoms with Crippen molar-refractivity contribution in [2.45, 2.75) is 38.5 Å². The fourth-order valence-corrected chi connectivity index (χ4v) is 3.97. The third-order valence-electron chi connectivity index (χ3n) is 5.52. The lowest BCUT2D eigenvalue weighted by Crippen LogP contribution is -2.38. The molecule has 28 heavy (non-hydrogen) atoms. The lowest BCUT2D eigenvalue weighted by atomic mass is 9.95. The topological polar surface area (TPSA) is 58.2 Å². The van der Waals surface area contributed by atoms with Crippen molar-refractivity contribution in [1.82, 2.24) is 14.9 Å². The van der Waals surface area contributed by atoms with Crippen LogP contribution >= 0.6 is 0 Å². The maximum Gasteiger partial charge on any atom is 0.222 e. The van der Waals surface area contributed by atoms with Gasteiger partial charge in [-0.05, 0) is 49.9 Å². The molecule has 0 saturated carbocycles. The van der Waals surface area contributed by atoms with E-state index in [1.165, 1.54) is 0 Å². The first-order valence-electron chi connectivity index (χ1n) is 10.2. The predicted molar refractivity (Wildman–Crippen MR) is 111 cm³/mol. The Morgan fingerprint density at radius 2 is 1.89 bits per heavy atom. The number of fused-ring (bicyclic) bond motifs is 1. The summed E-state index contributed by atoms with van der Waals surface area (Å²) in [5.41, 5.74) is 3.21. The number of imidazole rings is 1. The van der Waals surface area contributed by atoms with Crippen LogP contribution in [0.1, 0.15) is 43.5 Å². The molecule has 146 valence electrons. The molecule has 0 unspecified atom stereocenters. The largest absolute Gasteiger partial charge is 0.494 e. The number of carbonyl (C=O) groups excluding carboxylic acids is 1. The van der Waals surface area contributed by atoms with Crippen LogP contribution in [0.5, 0.6) is 5.75 Å². The van der Waals surface area contributed by atoms with Crippen molar-refractivity contribution in [2.24, 2.45) is 0 Å². The summed E-state index contributed by atoms with van der Waals surface area (Å²) >= 11 is 0. The zero-order valence-electron chi connectivity index (χ0n) is 16.4. The molecule has 1 N–H and O–H groups in total. The molecule has 0 bridgehead atoms. The minimum atomic E-state index is 0.231. The highest BCUT2D eigenvalue weighted by molar-refractivity contribution is 5.77. The van der Waals surface area contributed by atoms with E-state index in [2.05, 4.69) is 11.1 Å². The highest BCUT2D eigenvalue weighted by atomic mass is 16.5. The van der Waals surface area contributed by atoms with Crippen molar-refractivity contribution in [1.29, 1.82) is 0 Å². The number of nitrogens with one attached hydrogen (secondary N) is 1. The van der Waals surface area contributed by atoms with Gasteiger partial charge < -0.3 is 14.6 Å². The fourth-order valence-electron chi connectivity index (χ4n) is 3.97. The Kier molecular flexibility index (Phi) is 5.60. The standard InChI is InChI=1S/C23H27N3O2/c1-2-28-21-10-6-3-7-17(21)11-12-22(27)26-15-13-18(14-16-26)23-24-19-8-4-5-9-20(19)25-23/h3-10,18H,2,11-16H2,1H3,(H,24,25). The van der Waals surface area contributed by atoms with E-state index in [0.29, 0.717) is 18.9 Å². The average Bonchev–Trinajstić information content (AvgIpc) is 3.17. The summed E-state index contributed by atoms with van der Waals surface area (Å²) in [6, 6.07) is 16.1. The molecular formula is C23H27N3O2. The summed E-state index contributed by atoms with van der Waals surface area (Å²) in [5, 5.41) is 0.